The van der Waals surface area contributed by atoms with Crippen molar-refractivity contribution in [2.24, 2.45) is 11.8 Å². The summed E-state index contributed by atoms with van der Waals surface area (Å²) in [5.74, 6) is 1.11. The molecule has 4 rings (SSSR count). The zero-order valence-corrected chi connectivity index (χ0v) is 29.3. The minimum atomic E-state index is 0. The van der Waals surface area contributed by atoms with E-state index in [-0.39, 0.29) is 20.1 Å². The summed E-state index contributed by atoms with van der Waals surface area (Å²) in [6.07, 6.45) is 3.48. The molecule has 1 aromatic heterocycles. The van der Waals surface area contributed by atoms with Gasteiger partial charge in [-0.25, -0.2) is 0 Å². The van der Waals surface area contributed by atoms with E-state index < -0.39 is 0 Å². The Hall–Kier alpha value is -2.69. The van der Waals surface area contributed by atoms with Crippen LogP contribution in [-0.4, -0.2) is 36.4 Å². The van der Waals surface area contributed by atoms with Gasteiger partial charge in [0.05, 0.1) is 23.6 Å². The van der Waals surface area contributed by atoms with E-state index >= 15 is 0 Å². The molecule has 2 unspecified atom stereocenters. The van der Waals surface area contributed by atoms with E-state index in [2.05, 4.69) is 104 Å². The third kappa shape index (κ3) is 9.95. The van der Waals surface area contributed by atoms with Crippen LogP contribution in [0.5, 0.6) is 0 Å². The first kappa shape index (κ1) is 35.5. The quantitative estimate of drug-likeness (QED) is 0.161. The zero-order valence-electron chi connectivity index (χ0n) is 26.9. The van der Waals surface area contributed by atoms with E-state index in [1.165, 1.54) is 16.7 Å². The van der Waals surface area contributed by atoms with Crippen LogP contribution in [0.4, 0.5) is 0 Å². The van der Waals surface area contributed by atoms with Gasteiger partial charge in [0.2, 0.25) is 0 Å². The van der Waals surface area contributed by atoms with Gasteiger partial charge >= 0.3 is 0 Å². The molecule has 0 aliphatic carbocycles. The largest absolute Gasteiger partial charge is 0.381 e. The van der Waals surface area contributed by atoms with Gasteiger partial charge < -0.3 is 14.5 Å². The molecule has 0 saturated carbocycles. The van der Waals surface area contributed by atoms with Gasteiger partial charge in [-0.3, -0.25) is 4.98 Å². The SMILES string of the molecule is COC(CC(OC)C(C)C)C(C)C.Cc1[c-]c(-c2ncc(-c3ccccc3)nc2-c2cc(C)cc(C)c2)cc(C)c1.[Ir]. The normalized spacial score (nSPS) is 12.4. The molecule has 0 aliphatic rings. The summed E-state index contributed by atoms with van der Waals surface area (Å²) in [6.45, 7) is 17.1. The van der Waals surface area contributed by atoms with E-state index in [4.69, 9.17) is 19.4 Å². The van der Waals surface area contributed by atoms with Crippen LogP contribution in [-0.2, 0) is 29.6 Å². The molecule has 42 heavy (non-hydrogen) atoms. The van der Waals surface area contributed by atoms with Gasteiger partial charge in [-0.2, -0.15) is 0 Å². The van der Waals surface area contributed by atoms with Gasteiger partial charge in [0.1, 0.15) is 0 Å². The van der Waals surface area contributed by atoms with Crippen LogP contribution in [0, 0.1) is 45.6 Å². The smallest absolute Gasteiger partial charge is 0.0873 e. The Morgan fingerprint density at radius 1 is 0.690 bits per heavy atom. The molecule has 4 nitrogen and oxygen atoms in total. The standard InChI is InChI=1S/C26H23N2.C11H24O2.Ir/c1-17-10-18(2)13-22(12-17)25-26(23-14-19(3)11-20(4)15-23)28-24(16-27-25)21-8-6-5-7-9-21;1-8(2)10(12-5)7-11(13-6)9(3)4;/h5-12,14-16H,1-4H3;8-11H,7H2,1-6H3;/q-1;;. The van der Waals surface area contributed by atoms with Crippen molar-refractivity contribution >= 4 is 0 Å². The van der Waals surface area contributed by atoms with Crippen molar-refractivity contribution in [2.45, 2.75) is 74.0 Å². The molecule has 0 N–H and O–H groups in total. The molecule has 3 aromatic carbocycles. The molecule has 5 heteroatoms. The molecular weight excluding hydrogens is 697 g/mol. The maximum Gasteiger partial charge on any atom is 0.0873 e. The molecular formula is C37H47IrN2O2-. The Kier molecular flexibility index (Phi) is 14.2. The Morgan fingerprint density at radius 3 is 1.74 bits per heavy atom. The first-order valence-electron chi connectivity index (χ1n) is 14.6. The number of methoxy groups -OCH3 is 2. The number of nitrogens with zero attached hydrogens (tertiary/aromatic N) is 2. The Labute approximate surface area is 267 Å². The summed E-state index contributed by atoms with van der Waals surface area (Å²) in [5, 5.41) is 0. The number of rotatable bonds is 9. The molecule has 2 atom stereocenters. The molecule has 0 spiro atoms. The second-order valence-corrected chi connectivity index (χ2v) is 11.7. The van der Waals surface area contributed by atoms with Crippen LogP contribution in [0.1, 0.15) is 56.4 Å². The fraction of sp³-hybridized carbons (Fsp3) is 0.405. The summed E-state index contributed by atoms with van der Waals surface area (Å²) in [6, 6.07) is 24.5. The number of benzene rings is 3. The molecule has 0 saturated heterocycles. The second kappa shape index (κ2) is 16.8. The van der Waals surface area contributed by atoms with Gasteiger partial charge in [0.15, 0.2) is 0 Å². The average Bonchev–Trinajstić information content (AvgIpc) is 2.92. The molecule has 1 radical (unpaired) electrons. The first-order valence-corrected chi connectivity index (χ1v) is 14.6. The topological polar surface area (TPSA) is 44.2 Å². The fourth-order valence-corrected chi connectivity index (χ4v) is 5.18. The van der Waals surface area contributed by atoms with Crippen molar-refractivity contribution in [2.75, 3.05) is 14.2 Å². The zero-order chi connectivity index (χ0) is 30.1. The minimum absolute atomic E-state index is 0. The van der Waals surface area contributed by atoms with Crippen LogP contribution in [0.25, 0.3) is 33.8 Å². The predicted molar refractivity (Wildman–Crippen MR) is 172 cm³/mol. The van der Waals surface area contributed by atoms with Crippen molar-refractivity contribution in [3.63, 3.8) is 0 Å². The fourth-order valence-electron chi connectivity index (χ4n) is 5.18. The van der Waals surface area contributed by atoms with Crippen molar-refractivity contribution in [1.82, 2.24) is 9.97 Å². The predicted octanol–water partition coefficient (Wildman–Crippen LogP) is 9.23. The van der Waals surface area contributed by atoms with E-state index in [0.717, 1.165) is 45.8 Å². The van der Waals surface area contributed by atoms with Crippen LogP contribution in [0.2, 0.25) is 0 Å². The summed E-state index contributed by atoms with van der Waals surface area (Å²) >= 11 is 0. The Balaban J connectivity index is 0.000000377. The monoisotopic (exact) mass is 744 g/mol. The van der Waals surface area contributed by atoms with Gasteiger partial charge in [-0.15, -0.1) is 34.9 Å². The summed E-state index contributed by atoms with van der Waals surface area (Å²) < 4.78 is 10.8. The number of hydrogen-bond donors (Lipinski definition) is 0. The van der Waals surface area contributed by atoms with Crippen molar-refractivity contribution in [3.8, 4) is 33.8 Å². The molecule has 0 amide bonds. The van der Waals surface area contributed by atoms with Gasteiger partial charge in [0, 0.05) is 58.2 Å². The second-order valence-electron chi connectivity index (χ2n) is 11.7. The van der Waals surface area contributed by atoms with Crippen molar-refractivity contribution in [1.29, 1.82) is 0 Å². The van der Waals surface area contributed by atoms with Crippen LogP contribution in [0.15, 0.2) is 66.9 Å². The molecule has 227 valence electrons. The number of aryl methyl sites for hydroxylation is 4. The van der Waals surface area contributed by atoms with Crippen molar-refractivity contribution in [3.05, 3.63) is 95.2 Å². The van der Waals surface area contributed by atoms with Crippen LogP contribution >= 0.6 is 0 Å². The molecule has 0 fully saturated rings. The molecule has 0 aliphatic heterocycles. The first-order chi connectivity index (χ1) is 19.5. The Morgan fingerprint density at radius 2 is 1.24 bits per heavy atom. The average molecular weight is 744 g/mol. The summed E-state index contributed by atoms with van der Waals surface area (Å²) in [4.78, 5) is 9.90. The third-order valence-electron chi connectivity index (χ3n) is 7.30. The molecule has 4 aromatic rings. The number of aromatic nitrogens is 2. The van der Waals surface area contributed by atoms with Crippen molar-refractivity contribution < 1.29 is 29.6 Å². The third-order valence-corrected chi connectivity index (χ3v) is 7.30. The van der Waals surface area contributed by atoms with Crippen LogP contribution < -0.4 is 0 Å². The minimum Gasteiger partial charge on any atom is -0.381 e. The van der Waals surface area contributed by atoms with E-state index in [0.29, 0.717) is 24.0 Å². The van der Waals surface area contributed by atoms with Gasteiger partial charge in [0.25, 0.3) is 0 Å². The summed E-state index contributed by atoms with van der Waals surface area (Å²) in [5.41, 5.74) is 10.5. The molecule has 0 bridgehead atoms. The van der Waals surface area contributed by atoms with E-state index in [9.17, 15) is 0 Å². The Bertz CT molecular complexity index is 1350. The van der Waals surface area contributed by atoms with Gasteiger partial charge in [-0.05, 0) is 31.2 Å². The number of hydrogen-bond acceptors (Lipinski definition) is 4. The molecule has 1 heterocycles. The van der Waals surface area contributed by atoms with E-state index in [1.807, 2.05) is 24.4 Å². The van der Waals surface area contributed by atoms with Crippen LogP contribution in [0.3, 0.4) is 0 Å². The maximum atomic E-state index is 5.41. The van der Waals surface area contributed by atoms with E-state index in [1.54, 1.807) is 14.2 Å². The maximum absolute atomic E-state index is 5.41. The van der Waals surface area contributed by atoms with Gasteiger partial charge in [-0.1, -0.05) is 101 Å². The number of ether oxygens (including phenoxy) is 2. The summed E-state index contributed by atoms with van der Waals surface area (Å²) in [7, 11) is 3.55.